The van der Waals surface area contributed by atoms with E-state index in [1.807, 2.05) is 48.5 Å². The van der Waals surface area contributed by atoms with E-state index in [9.17, 15) is 4.79 Å². The molecule has 2 N–H and O–H groups in total. The average molecular weight is 333 g/mol. The van der Waals surface area contributed by atoms with Gasteiger partial charge in [0.25, 0.3) is 0 Å². The molecule has 0 saturated heterocycles. The van der Waals surface area contributed by atoms with E-state index in [1.165, 1.54) is 11.1 Å². The Morgan fingerprint density at radius 2 is 1.84 bits per heavy atom. The summed E-state index contributed by atoms with van der Waals surface area (Å²) in [5.41, 5.74) is 9.85. The van der Waals surface area contributed by atoms with Crippen molar-refractivity contribution in [2.75, 3.05) is 0 Å². The monoisotopic (exact) mass is 333 g/mol. The Morgan fingerprint density at radius 3 is 2.60 bits per heavy atom. The van der Waals surface area contributed by atoms with Crippen molar-refractivity contribution in [1.82, 2.24) is 10.1 Å². The zero-order chi connectivity index (χ0) is 17.2. The first-order valence-corrected chi connectivity index (χ1v) is 8.32. The molecule has 0 fully saturated rings. The van der Waals surface area contributed by atoms with E-state index in [-0.39, 0.29) is 11.9 Å². The first-order chi connectivity index (χ1) is 12.2. The van der Waals surface area contributed by atoms with Gasteiger partial charge in [-0.1, -0.05) is 59.8 Å². The van der Waals surface area contributed by atoms with E-state index in [1.54, 1.807) is 0 Å². The largest absolute Gasteiger partial charge is 0.368 e. The number of primary amides is 1. The van der Waals surface area contributed by atoms with Crippen LogP contribution in [-0.4, -0.2) is 22.0 Å². The van der Waals surface area contributed by atoms with Crippen LogP contribution in [0, 0.1) is 0 Å². The molecule has 5 nitrogen and oxygen atoms in total. The van der Waals surface area contributed by atoms with Gasteiger partial charge in [-0.15, -0.1) is 0 Å². The van der Waals surface area contributed by atoms with Crippen molar-refractivity contribution < 1.29 is 9.32 Å². The second-order valence-electron chi connectivity index (χ2n) is 6.34. The van der Waals surface area contributed by atoms with Crippen molar-refractivity contribution in [3.63, 3.8) is 0 Å². The number of benzene rings is 2. The number of nitrogens with two attached hydrogens (primary N) is 1. The van der Waals surface area contributed by atoms with Gasteiger partial charge in [0, 0.05) is 18.2 Å². The van der Waals surface area contributed by atoms with Gasteiger partial charge >= 0.3 is 0 Å². The number of carbonyl (C=O) groups excluding carboxylic acids is 1. The molecule has 0 bridgehead atoms. The minimum Gasteiger partial charge on any atom is -0.368 e. The van der Waals surface area contributed by atoms with Crippen LogP contribution in [0.5, 0.6) is 0 Å². The minimum atomic E-state index is -0.333. The number of fused-ring (bicyclic) bond motifs is 1. The number of amides is 1. The molecule has 0 radical (unpaired) electrons. The van der Waals surface area contributed by atoms with E-state index < -0.39 is 0 Å². The van der Waals surface area contributed by atoms with Gasteiger partial charge in [-0.3, -0.25) is 9.69 Å². The number of rotatable bonds is 4. The predicted octanol–water partition coefficient (Wildman–Crippen LogP) is 2.75. The van der Waals surface area contributed by atoms with E-state index >= 15 is 0 Å². The summed E-state index contributed by atoms with van der Waals surface area (Å²) in [6, 6.07) is 19.6. The Balaban J connectivity index is 1.57. The maximum Gasteiger partial charge on any atom is 0.235 e. The van der Waals surface area contributed by atoms with Crippen LogP contribution >= 0.6 is 0 Å². The summed E-state index contributed by atoms with van der Waals surface area (Å²) in [4.78, 5) is 14.0. The highest BCUT2D eigenvalue weighted by molar-refractivity contribution is 5.80. The Hall–Kier alpha value is -2.92. The fraction of sp³-hybridized carbons (Fsp3) is 0.200. The zero-order valence-corrected chi connectivity index (χ0v) is 13.8. The van der Waals surface area contributed by atoms with Gasteiger partial charge in [-0.05, 0) is 17.5 Å². The lowest BCUT2D eigenvalue weighted by atomic mass is 9.93. The average Bonchev–Trinajstić information content (AvgIpc) is 3.10. The van der Waals surface area contributed by atoms with Gasteiger partial charge < -0.3 is 10.3 Å². The van der Waals surface area contributed by atoms with E-state index in [0.717, 1.165) is 17.0 Å². The highest BCUT2D eigenvalue weighted by atomic mass is 16.5. The lowest BCUT2D eigenvalue weighted by Gasteiger charge is -2.34. The Morgan fingerprint density at radius 1 is 1.12 bits per heavy atom. The number of nitrogens with zero attached hydrogens (tertiary/aromatic N) is 2. The molecular weight excluding hydrogens is 314 g/mol. The van der Waals surface area contributed by atoms with Gasteiger partial charge in [0.2, 0.25) is 5.91 Å². The summed E-state index contributed by atoms with van der Waals surface area (Å²) in [6.45, 7) is 1.17. The van der Waals surface area contributed by atoms with Crippen molar-refractivity contribution in [1.29, 1.82) is 0 Å². The summed E-state index contributed by atoms with van der Waals surface area (Å²) in [5.74, 6) is 0.418. The molecule has 1 aliphatic heterocycles. The number of hydrogen-bond donors (Lipinski definition) is 1. The minimum absolute atomic E-state index is 0.308. The second kappa shape index (κ2) is 6.53. The third-order valence-corrected chi connectivity index (χ3v) is 4.66. The van der Waals surface area contributed by atoms with Crippen LogP contribution in [0.4, 0.5) is 0 Å². The molecule has 0 aliphatic carbocycles. The summed E-state index contributed by atoms with van der Waals surface area (Å²) in [6.07, 6.45) is 0.630. The molecule has 2 aromatic carbocycles. The lowest BCUT2D eigenvalue weighted by Crippen LogP contribution is -2.47. The van der Waals surface area contributed by atoms with Gasteiger partial charge in [0.1, 0.15) is 5.69 Å². The fourth-order valence-corrected chi connectivity index (χ4v) is 3.36. The van der Waals surface area contributed by atoms with Crippen molar-refractivity contribution in [2.24, 2.45) is 5.73 Å². The Bertz CT molecular complexity index is 889. The fourth-order valence-electron chi connectivity index (χ4n) is 3.36. The lowest BCUT2D eigenvalue weighted by molar-refractivity contribution is -0.124. The Kier molecular flexibility index (Phi) is 4.07. The molecule has 0 unspecified atom stereocenters. The molecule has 126 valence electrons. The molecule has 0 saturated carbocycles. The van der Waals surface area contributed by atoms with Crippen LogP contribution in [0.2, 0.25) is 0 Å². The maximum absolute atomic E-state index is 11.9. The molecule has 1 aromatic heterocycles. The molecule has 5 heteroatoms. The molecule has 4 rings (SSSR count). The maximum atomic E-state index is 11.9. The van der Waals surface area contributed by atoms with Crippen LogP contribution in [0.1, 0.15) is 16.9 Å². The van der Waals surface area contributed by atoms with E-state index in [0.29, 0.717) is 19.5 Å². The SMILES string of the molecule is NC(=O)[C@@H]1Cc2ccccc2CN1Cc1cc(-c2ccccc2)no1. The third kappa shape index (κ3) is 3.19. The van der Waals surface area contributed by atoms with Crippen LogP contribution < -0.4 is 5.73 Å². The predicted molar refractivity (Wildman–Crippen MR) is 94.3 cm³/mol. The molecule has 1 amide bonds. The molecular formula is C20H19N3O2. The van der Waals surface area contributed by atoms with Crippen molar-refractivity contribution in [3.05, 3.63) is 77.6 Å². The number of hydrogen-bond acceptors (Lipinski definition) is 4. The van der Waals surface area contributed by atoms with Gasteiger partial charge in [0.05, 0.1) is 12.6 Å². The number of carbonyl (C=O) groups is 1. The first-order valence-electron chi connectivity index (χ1n) is 8.32. The normalized spacial score (nSPS) is 17.2. The van der Waals surface area contributed by atoms with Crippen molar-refractivity contribution >= 4 is 5.91 Å². The zero-order valence-electron chi connectivity index (χ0n) is 13.8. The molecule has 1 atom stereocenters. The highest BCUT2D eigenvalue weighted by Gasteiger charge is 2.30. The quantitative estimate of drug-likeness (QED) is 0.797. The Labute approximate surface area is 146 Å². The smallest absolute Gasteiger partial charge is 0.235 e. The van der Waals surface area contributed by atoms with Gasteiger partial charge in [0.15, 0.2) is 5.76 Å². The van der Waals surface area contributed by atoms with Gasteiger partial charge in [-0.25, -0.2) is 0 Å². The van der Waals surface area contributed by atoms with Crippen LogP contribution in [0.3, 0.4) is 0 Å². The first kappa shape index (κ1) is 15.6. The van der Waals surface area contributed by atoms with E-state index in [4.69, 9.17) is 10.3 Å². The topological polar surface area (TPSA) is 72.4 Å². The third-order valence-electron chi connectivity index (χ3n) is 4.66. The standard InChI is InChI=1S/C20H19N3O2/c21-20(24)19-10-15-8-4-5-9-16(15)12-23(19)13-17-11-18(22-25-17)14-6-2-1-3-7-14/h1-9,11,19H,10,12-13H2,(H2,21,24)/t19-/m0/s1. The molecule has 0 spiro atoms. The highest BCUT2D eigenvalue weighted by Crippen LogP contribution is 2.26. The van der Waals surface area contributed by atoms with Crippen molar-refractivity contribution in [2.45, 2.75) is 25.6 Å². The van der Waals surface area contributed by atoms with Gasteiger partial charge in [-0.2, -0.15) is 0 Å². The molecule has 3 aromatic rings. The van der Waals surface area contributed by atoms with E-state index in [2.05, 4.69) is 22.2 Å². The van der Waals surface area contributed by atoms with Crippen molar-refractivity contribution in [3.8, 4) is 11.3 Å². The molecule has 25 heavy (non-hydrogen) atoms. The summed E-state index contributed by atoms with van der Waals surface area (Å²) in [7, 11) is 0. The molecule has 1 aliphatic rings. The van der Waals surface area contributed by atoms with Crippen LogP contribution in [-0.2, 0) is 24.3 Å². The molecule has 2 heterocycles. The second-order valence-corrected chi connectivity index (χ2v) is 6.34. The summed E-state index contributed by atoms with van der Waals surface area (Å²) >= 11 is 0. The summed E-state index contributed by atoms with van der Waals surface area (Å²) < 4.78 is 5.49. The number of aromatic nitrogens is 1. The summed E-state index contributed by atoms with van der Waals surface area (Å²) in [5, 5.41) is 4.15. The van der Waals surface area contributed by atoms with Crippen LogP contribution in [0.15, 0.2) is 65.2 Å². The van der Waals surface area contributed by atoms with Crippen LogP contribution in [0.25, 0.3) is 11.3 Å².